The van der Waals surface area contributed by atoms with Gasteiger partial charge in [0.15, 0.2) is 6.10 Å². The number of thiazole rings is 1. The number of halogens is 3. The van der Waals surface area contributed by atoms with E-state index in [1.54, 1.807) is 12.2 Å². The van der Waals surface area contributed by atoms with Crippen molar-refractivity contribution >= 4 is 75.9 Å². The van der Waals surface area contributed by atoms with Crippen molar-refractivity contribution < 1.29 is 9.53 Å². The molecule has 1 amide bonds. The summed E-state index contributed by atoms with van der Waals surface area (Å²) in [7, 11) is 0. The number of ether oxygens (including phenoxy) is 1. The van der Waals surface area contributed by atoms with Crippen LogP contribution in [0.1, 0.15) is 24.4 Å². The monoisotopic (exact) mass is 513 g/mol. The maximum absolute atomic E-state index is 12.6. The van der Waals surface area contributed by atoms with Gasteiger partial charge in [-0.05, 0) is 50.6 Å². The van der Waals surface area contributed by atoms with Crippen molar-refractivity contribution in [2.24, 2.45) is 0 Å². The summed E-state index contributed by atoms with van der Waals surface area (Å²) in [5.41, 5.74) is 5.56. The predicted octanol–water partition coefficient (Wildman–Crippen LogP) is 5.36. The Bertz CT molecular complexity index is 1100. The fourth-order valence-electron chi connectivity index (χ4n) is 2.96. The van der Waals surface area contributed by atoms with Crippen molar-refractivity contribution in [1.29, 1.82) is 0 Å². The maximum atomic E-state index is 12.6. The fraction of sp³-hybridized carbons (Fsp3) is 0.348. The Morgan fingerprint density at radius 3 is 2.62 bits per heavy atom. The number of allylic oxidation sites excluding steroid dienone is 2. The summed E-state index contributed by atoms with van der Waals surface area (Å²) in [6.07, 6.45) is 1.58. The molecule has 1 heterocycles. The van der Waals surface area contributed by atoms with Crippen LogP contribution in [0.25, 0.3) is 12.3 Å². The number of carbonyl (C=O) groups is 1. The number of carbonyl (C=O) groups excluding carboxylic acids is 1. The zero-order chi connectivity index (χ0) is 23.9. The number of hydrogen-bond donors (Lipinski definition) is 1. The van der Waals surface area contributed by atoms with Crippen molar-refractivity contribution in [3.05, 3.63) is 57.4 Å². The highest BCUT2D eigenvalue weighted by molar-refractivity contribution is 7.09. The van der Waals surface area contributed by atoms with Gasteiger partial charge in [0.1, 0.15) is 5.35 Å². The average Bonchev–Trinajstić information content (AvgIpc) is 3.07. The number of amides is 1. The fourth-order valence-corrected chi connectivity index (χ4v) is 4.19. The van der Waals surface area contributed by atoms with Crippen molar-refractivity contribution in [3.8, 4) is 0 Å². The van der Waals surface area contributed by atoms with Crippen LogP contribution in [0.15, 0.2) is 36.9 Å². The van der Waals surface area contributed by atoms with Crippen LogP contribution in [-0.4, -0.2) is 34.1 Å². The maximum Gasteiger partial charge on any atom is 0.412 e. The number of hydrogen-bond acceptors (Lipinski definition) is 5. The van der Waals surface area contributed by atoms with Gasteiger partial charge in [-0.25, -0.2) is 9.78 Å². The number of nitrogens with one attached hydrogen (secondary N) is 1. The summed E-state index contributed by atoms with van der Waals surface area (Å²) in [4.78, 5) is 19.2. The number of aryl methyl sites for hydroxylation is 1. The Labute approximate surface area is 207 Å². The van der Waals surface area contributed by atoms with Gasteiger partial charge in [-0.1, -0.05) is 59.8 Å². The molecule has 1 atom stereocenters. The molecule has 2 aromatic rings. The summed E-state index contributed by atoms with van der Waals surface area (Å²) in [5, 5.41) is 3.91. The molecule has 1 aromatic heterocycles. The van der Waals surface area contributed by atoms with Gasteiger partial charge in [-0.2, -0.15) is 0 Å². The van der Waals surface area contributed by atoms with Crippen LogP contribution in [-0.2, 0) is 11.2 Å². The lowest BCUT2D eigenvalue weighted by Gasteiger charge is -2.24. The molecule has 0 aliphatic carbocycles. The average molecular weight is 515 g/mol. The van der Waals surface area contributed by atoms with Crippen LogP contribution in [0.2, 0.25) is 0 Å². The molecule has 32 heavy (non-hydrogen) atoms. The van der Waals surface area contributed by atoms with E-state index in [9.17, 15) is 4.79 Å². The molecular formula is C23H26Cl3N3O2S. The topological polar surface area (TPSA) is 54.5 Å². The van der Waals surface area contributed by atoms with Gasteiger partial charge in [0, 0.05) is 30.9 Å². The van der Waals surface area contributed by atoms with Crippen LogP contribution in [0.3, 0.4) is 0 Å². The van der Waals surface area contributed by atoms with Gasteiger partial charge in [0.25, 0.3) is 0 Å². The molecule has 1 aromatic carbocycles. The molecule has 9 heteroatoms. The van der Waals surface area contributed by atoms with Gasteiger partial charge in [0.05, 0.1) is 9.54 Å². The van der Waals surface area contributed by atoms with E-state index >= 15 is 0 Å². The minimum absolute atomic E-state index is 0.118. The second-order valence-electron chi connectivity index (χ2n) is 6.86. The first-order valence-electron chi connectivity index (χ1n) is 10.0. The first-order chi connectivity index (χ1) is 15.1. The molecule has 1 N–H and O–H groups in total. The van der Waals surface area contributed by atoms with E-state index in [2.05, 4.69) is 47.9 Å². The molecular weight excluding hydrogens is 489 g/mol. The van der Waals surface area contributed by atoms with E-state index in [4.69, 9.17) is 39.5 Å². The number of alkyl halides is 3. The summed E-state index contributed by atoms with van der Waals surface area (Å²) in [6.45, 7) is 15.4. The van der Waals surface area contributed by atoms with E-state index in [1.807, 2.05) is 25.1 Å². The van der Waals surface area contributed by atoms with E-state index in [0.717, 1.165) is 24.3 Å². The van der Waals surface area contributed by atoms with Crippen molar-refractivity contribution in [2.75, 3.05) is 23.3 Å². The molecule has 5 nitrogen and oxygen atoms in total. The van der Waals surface area contributed by atoms with Crippen LogP contribution in [0.4, 0.5) is 16.2 Å². The minimum Gasteiger partial charge on any atom is -0.441 e. The third-order valence-electron chi connectivity index (χ3n) is 4.63. The van der Waals surface area contributed by atoms with Crippen LogP contribution >= 0.6 is 46.1 Å². The molecule has 0 fully saturated rings. The summed E-state index contributed by atoms with van der Waals surface area (Å²) < 4.78 is 4.34. The normalized spacial score (nSPS) is 11.9. The highest BCUT2D eigenvalue weighted by Gasteiger charge is 2.37. The van der Waals surface area contributed by atoms with E-state index in [0.29, 0.717) is 20.6 Å². The minimum atomic E-state index is -1.84. The van der Waals surface area contributed by atoms with Crippen LogP contribution < -0.4 is 20.1 Å². The summed E-state index contributed by atoms with van der Waals surface area (Å²) >= 11 is 19.6. The molecule has 0 bridgehead atoms. The Balaban J connectivity index is 2.17. The molecule has 0 aliphatic rings. The van der Waals surface area contributed by atoms with Gasteiger partial charge in [-0.3, -0.25) is 5.32 Å². The molecule has 2 rings (SSSR count). The van der Waals surface area contributed by atoms with Crippen molar-refractivity contribution in [2.45, 2.75) is 37.1 Å². The quantitative estimate of drug-likeness (QED) is 0.381. The molecule has 0 aliphatic heterocycles. The summed E-state index contributed by atoms with van der Waals surface area (Å²) in [5.74, 6) is 0. The SMILES string of the molecule is C=CC=C=c1nc(CC(OC(=O)Nc2ccc(N(CC)CC)cc2C)C(Cl)(Cl)Cl)sc1=C. The highest BCUT2D eigenvalue weighted by atomic mass is 35.6. The first-order valence-corrected chi connectivity index (χ1v) is 12.0. The summed E-state index contributed by atoms with van der Waals surface area (Å²) in [6, 6.07) is 5.79. The zero-order valence-electron chi connectivity index (χ0n) is 18.3. The van der Waals surface area contributed by atoms with Gasteiger partial charge in [-0.15, -0.1) is 11.3 Å². The van der Waals surface area contributed by atoms with Crippen LogP contribution in [0.5, 0.6) is 0 Å². The lowest BCUT2D eigenvalue weighted by Crippen LogP contribution is -2.35. The van der Waals surface area contributed by atoms with Crippen molar-refractivity contribution in [3.63, 3.8) is 0 Å². The highest BCUT2D eigenvalue weighted by Crippen LogP contribution is 2.34. The molecule has 0 saturated carbocycles. The molecule has 0 spiro atoms. The molecule has 0 radical (unpaired) electrons. The van der Waals surface area contributed by atoms with Gasteiger partial charge in [0.2, 0.25) is 3.79 Å². The van der Waals surface area contributed by atoms with Gasteiger partial charge >= 0.3 is 6.09 Å². The van der Waals surface area contributed by atoms with Gasteiger partial charge < -0.3 is 9.64 Å². The number of aromatic nitrogens is 1. The number of rotatable bonds is 8. The third kappa shape index (κ3) is 7.29. The molecule has 172 valence electrons. The Hall–Kier alpha value is -1.95. The second kappa shape index (κ2) is 11.8. The second-order valence-corrected chi connectivity index (χ2v) is 10.4. The number of nitrogens with zero attached hydrogens (tertiary/aromatic N) is 2. The Morgan fingerprint density at radius 1 is 1.38 bits per heavy atom. The molecule has 1 unspecified atom stereocenters. The van der Waals surface area contributed by atoms with Crippen LogP contribution in [0, 0.1) is 6.92 Å². The zero-order valence-corrected chi connectivity index (χ0v) is 21.3. The third-order valence-corrected chi connectivity index (χ3v) is 6.29. The van der Waals surface area contributed by atoms with E-state index in [-0.39, 0.29) is 6.42 Å². The Morgan fingerprint density at radius 2 is 2.06 bits per heavy atom. The lowest BCUT2D eigenvalue weighted by atomic mass is 10.1. The smallest absolute Gasteiger partial charge is 0.412 e. The van der Waals surface area contributed by atoms with Crippen molar-refractivity contribution in [1.82, 2.24) is 4.98 Å². The van der Waals surface area contributed by atoms with E-state index < -0.39 is 16.0 Å². The Kier molecular flexibility index (Phi) is 9.68. The van der Waals surface area contributed by atoms with E-state index in [1.165, 1.54) is 11.3 Å². The standard InChI is InChI=1S/C23H26Cl3N3O2S/c1-6-9-10-19-16(5)32-21(27-19)14-20(23(24,25)26)31-22(30)28-18-12-11-17(13-15(18)4)29(7-2)8-3/h6,9,11-13,20H,1,5,7-8,14H2,2-4H3,(H,28,30). The predicted molar refractivity (Wildman–Crippen MR) is 138 cm³/mol. The first kappa shape index (κ1) is 26.3. The number of anilines is 2. The largest absolute Gasteiger partial charge is 0.441 e. The number of benzene rings is 1. The lowest BCUT2D eigenvalue weighted by molar-refractivity contribution is 0.112. The molecule has 0 saturated heterocycles.